The first-order valence-corrected chi connectivity index (χ1v) is 10.0. The Balaban J connectivity index is 1.97. The molecule has 1 aromatic carbocycles. The maximum atomic E-state index is 12.3. The fourth-order valence-corrected chi connectivity index (χ4v) is 2.72. The average Bonchev–Trinajstić information content (AvgIpc) is 2.64. The molecule has 26 heavy (non-hydrogen) atoms. The number of aromatic nitrogens is 1. The summed E-state index contributed by atoms with van der Waals surface area (Å²) in [6.07, 6.45) is 4.37. The fraction of sp³-hybridized carbons (Fsp3) is 0.333. The highest BCUT2D eigenvalue weighted by molar-refractivity contribution is 7.92. The molecule has 1 amide bonds. The normalized spacial score (nSPS) is 12.3. The number of nitrogens with zero attached hydrogens (tertiary/aromatic N) is 2. The zero-order chi connectivity index (χ0) is 19.2. The molecule has 0 aliphatic heterocycles. The third kappa shape index (κ3) is 5.45. The molecule has 2 aromatic rings. The van der Waals surface area contributed by atoms with Crippen LogP contribution in [0.1, 0.15) is 18.9 Å². The topological polar surface area (TPSA) is 88.6 Å². The van der Waals surface area contributed by atoms with Gasteiger partial charge < -0.3 is 10.1 Å². The summed E-state index contributed by atoms with van der Waals surface area (Å²) in [5.41, 5.74) is 1.43. The summed E-state index contributed by atoms with van der Waals surface area (Å²) in [7, 11) is -1.84. The predicted molar refractivity (Wildman–Crippen MR) is 100 cm³/mol. The van der Waals surface area contributed by atoms with Gasteiger partial charge in [-0.2, -0.15) is 0 Å². The molecule has 1 atom stereocenters. The Morgan fingerprint density at radius 3 is 2.50 bits per heavy atom. The molecule has 1 heterocycles. The number of benzene rings is 1. The highest BCUT2D eigenvalue weighted by atomic mass is 32.2. The molecular formula is C18H23N3O4S. The number of carbonyl (C=O) groups excluding carboxylic acids is 1. The molecule has 0 unspecified atom stereocenters. The largest absolute Gasteiger partial charge is 0.481 e. The summed E-state index contributed by atoms with van der Waals surface area (Å²) < 4.78 is 30.0. The van der Waals surface area contributed by atoms with Gasteiger partial charge in [-0.05, 0) is 42.3 Å². The fourth-order valence-electron chi connectivity index (χ4n) is 2.22. The number of amides is 1. The van der Waals surface area contributed by atoms with E-state index >= 15 is 0 Å². The minimum atomic E-state index is -3.32. The Kier molecular flexibility index (Phi) is 6.57. The van der Waals surface area contributed by atoms with Crippen molar-refractivity contribution in [1.82, 2.24) is 10.3 Å². The summed E-state index contributed by atoms with van der Waals surface area (Å²) in [5.74, 6) is 0.285. The summed E-state index contributed by atoms with van der Waals surface area (Å²) in [6.45, 7) is 2.24. The van der Waals surface area contributed by atoms with Crippen molar-refractivity contribution in [3.63, 3.8) is 0 Å². The second-order valence-corrected chi connectivity index (χ2v) is 7.83. The van der Waals surface area contributed by atoms with Gasteiger partial charge in [-0.25, -0.2) is 8.42 Å². The van der Waals surface area contributed by atoms with Crippen LogP contribution in [0.4, 0.5) is 5.69 Å². The standard InChI is InChI=1S/C18H23N3O4S/c1-4-17(18(22)20-13-14-6-5-11-19-12-14)25-16-9-7-15(8-10-16)21(2)26(3,23)24/h5-12,17H,4,13H2,1-3H3,(H,20,22)/t17-/m1/s1. The van der Waals surface area contributed by atoms with E-state index in [0.717, 1.165) is 11.8 Å². The molecule has 1 aromatic heterocycles. The van der Waals surface area contributed by atoms with Gasteiger partial charge in [0, 0.05) is 26.0 Å². The smallest absolute Gasteiger partial charge is 0.261 e. The van der Waals surface area contributed by atoms with Crippen LogP contribution < -0.4 is 14.4 Å². The highest BCUT2D eigenvalue weighted by Crippen LogP contribution is 2.21. The quantitative estimate of drug-likeness (QED) is 0.760. The van der Waals surface area contributed by atoms with Gasteiger partial charge in [0.05, 0.1) is 11.9 Å². The molecule has 2 rings (SSSR count). The van der Waals surface area contributed by atoms with Crippen LogP contribution in [-0.4, -0.2) is 38.7 Å². The van der Waals surface area contributed by atoms with Gasteiger partial charge in [-0.15, -0.1) is 0 Å². The van der Waals surface area contributed by atoms with E-state index < -0.39 is 16.1 Å². The van der Waals surface area contributed by atoms with Crippen molar-refractivity contribution >= 4 is 21.6 Å². The molecule has 0 saturated heterocycles. The van der Waals surface area contributed by atoms with Crippen molar-refractivity contribution < 1.29 is 17.9 Å². The molecule has 8 heteroatoms. The van der Waals surface area contributed by atoms with Gasteiger partial charge in [0.25, 0.3) is 5.91 Å². The van der Waals surface area contributed by atoms with E-state index in [2.05, 4.69) is 10.3 Å². The van der Waals surface area contributed by atoms with Crippen LogP contribution in [0.25, 0.3) is 0 Å². The van der Waals surface area contributed by atoms with E-state index in [0.29, 0.717) is 24.4 Å². The number of carbonyl (C=O) groups is 1. The van der Waals surface area contributed by atoms with Crippen molar-refractivity contribution in [3.05, 3.63) is 54.4 Å². The number of pyridine rings is 1. The Morgan fingerprint density at radius 2 is 1.96 bits per heavy atom. The number of rotatable bonds is 8. The lowest BCUT2D eigenvalue weighted by atomic mass is 10.2. The van der Waals surface area contributed by atoms with Gasteiger partial charge >= 0.3 is 0 Å². The van der Waals surface area contributed by atoms with Crippen molar-refractivity contribution in [1.29, 1.82) is 0 Å². The monoisotopic (exact) mass is 377 g/mol. The third-order valence-corrected chi connectivity index (χ3v) is 5.03. The first-order valence-electron chi connectivity index (χ1n) is 8.18. The molecule has 0 radical (unpaired) electrons. The summed E-state index contributed by atoms with van der Waals surface area (Å²) in [4.78, 5) is 16.3. The SMILES string of the molecule is CC[C@@H](Oc1ccc(N(C)S(C)(=O)=O)cc1)C(=O)NCc1cccnc1. The summed E-state index contributed by atoms with van der Waals surface area (Å²) >= 11 is 0. The van der Waals surface area contributed by atoms with Crippen molar-refractivity contribution in [2.24, 2.45) is 0 Å². The lowest BCUT2D eigenvalue weighted by molar-refractivity contribution is -0.128. The van der Waals surface area contributed by atoms with Gasteiger partial charge in [0.2, 0.25) is 10.0 Å². The third-order valence-electron chi connectivity index (χ3n) is 3.83. The number of anilines is 1. The van der Waals surface area contributed by atoms with Gasteiger partial charge in [0.1, 0.15) is 5.75 Å². The maximum Gasteiger partial charge on any atom is 0.261 e. The first-order chi connectivity index (χ1) is 12.3. The van der Waals surface area contributed by atoms with Crippen LogP contribution in [0.15, 0.2) is 48.8 Å². The molecule has 0 saturated carbocycles. The first kappa shape index (κ1) is 19.7. The van der Waals surface area contributed by atoms with Crippen LogP contribution in [-0.2, 0) is 21.4 Å². The number of hydrogen-bond donors (Lipinski definition) is 1. The molecule has 0 fully saturated rings. The average molecular weight is 377 g/mol. The molecular weight excluding hydrogens is 354 g/mol. The van der Waals surface area contributed by atoms with Crippen LogP contribution in [0.5, 0.6) is 5.75 Å². The van der Waals surface area contributed by atoms with Crippen LogP contribution in [0, 0.1) is 0 Å². The second-order valence-electron chi connectivity index (χ2n) is 5.82. The van der Waals surface area contributed by atoms with Crippen LogP contribution >= 0.6 is 0 Å². The van der Waals surface area contributed by atoms with Crippen LogP contribution in [0.2, 0.25) is 0 Å². The van der Waals surface area contributed by atoms with Crippen molar-refractivity contribution in [2.45, 2.75) is 26.0 Å². The molecule has 0 aliphatic rings. The van der Waals surface area contributed by atoms with E-state index in [9.17, 15) is 13.2 Å². The van der Waals surface area contributed by atoms with Gasteiger partial charge in [0.15, 0.2) is 6.10 Å². The maximum absolute atomic E-state index is 12.3. The lowest BCUT2D eigenvalue weighted by Crippen LogP contribution is -2.37. The number of ether oxygens (including phenoxy) is 1. The van der Waals surface area contributed by atoms with E-state index in [1.54, 1.807) is 36.7 Å². The van der Waals surface area contributed by atoms with Crippen LogP contribution in [0.3, 0.4) is 0 Å². The summed E-state index contributed by atoms with van der Waals surface area (Å²) in [5, 5.41) is 2.83. The zero-order valence-corrected chi connectivity index (χ0v) is 15.9. The molecule has 1 N–H and O–H groups in total. The lowest BCUT2D eigenvalue weighted by Gasteiger charge is -2.19. The minimum Gasteiger partial charge on any atom is -0.481 e. The van der Waals surface area contributed by atoms with E-state index in [1.165, 1.54) is 11.4 Å². The summed E-state index contributed by atoms with van der Waals surface area (Å²) in [6, 6.07) is 10.3. The molecule has 0 bridgehead atoms. The van der Waals surface area contributed by atoms with Crippen molar-refractivity contribution in [2.75, 3.05) is 17.6 Å². The molecule has 140 valence electrons. The number of nitrogens with one attached hydrogen (secondary N) is 1. The highest BCUT2D eigenvalue weighted by Gasteiger charge is 2.18. The van der Waals surface area contributed by atoms with E-state index in [-0.39, 0.29) is 5.91 Å². The Bertz CT molecular complexity index is 823. The Hall–Kier alpha value is -2.61. The van der Waals surface area contributed by atoms with Gasteiger partial charge in [-0.3, -0.25) is 14.1 Å². The Morgan fingerprint density at radius 1 is 1.27 bits per heavy atom. The molecule has 0 spiro atoms. The number of hydrogen-bond acceptors (Lipinski definition) is 5. The second kappa shape index (κ2) is 8.66. The molecule has 7 nitrogen and oxygen atoms in total. The Labute approximate surface area is 154 Å². The van der Waals surface area contributed by atoms with E-state index in [4.69, 9.17) is 4.74 Å². The van der Waals surface area contributed by atoms with Crippen molar-refractivity contribution in [3.8, 4) is 5.75 Å². The predicted octanol–water partition coefficient (Wildman–Crippen LogP) is 1.95. The minimum absolute atomic E-state index is 0.214. The van der Waals surface area contributed by atoms with Gasteiger partial charge in [-0.1, -0.05) is 13.0 Å². The number of sulfonamides is 1. The zero-order valence-electron chi connectivity index (χ0n) is 15.0. The molecule has 0 aliphatic carbocycles. The van der Waals surface area contributed by atoms with E-state index in [1.807, 2.05) is 19.1 Å².